The summed E-state index contributed by atoms with van der Waals surface area (Å²) in [6, 6.07) is 0. The van der Waals surface area contributed by atoms with Crippen molar-refractivity contribution in [1.82, 2.24) is 15.8 Å². The first-order valence-electron chi connectivity index (χ1n) is 3.46. The predicted octanol–water partition coefficient (Wildman–Crippen LogP) is -1.68. The average molecular weight is 200 g/mol. The van der Waals surface area contributed by atoms with E-state index in [0.29, 0.717) is 0 Å². The molecule has 0 spiro atoms. The number of carbonyl (C=O) groups excluding carboxylic acids is 1. The summed E-state index contributed by atoms with van der Waals surface area (Å²) >= 11 is 0. The molecule has 0 aliphatic heterocycles. The van der Waals surface area contributed by atoms with Crippen molar-refractivity contribution in [3.8, 4) is 0 Å². The van der Waals surface area contributed by atoms with Gasteiger partial charge in [-0.1, -0.05) is 0 Å². The first-order chi connectivity index (χ1) is 6.70. The molecule has 0 fully saturated rings. The van der Waals surface area contributed by atoms with E-state index in [4.69, 9.17) is 11.5 Å². The number of hydroxylamine groups is 1. The Morgan fingerprint density at radius 3 is 3.07 bits per heavy atom. The SMILES string of the molecule is NC(=O)CONC=Nc1nonc1N. The molecule has 0 aliphatic rings. The zero-order chi connectivity index (χ0) is 10.4. The Balaban J connectivity index is 2.28. The van der Waals surface area contributed by atoms with E-state index in [1.165, 1.54) is 0 Å². The van der Waals surface area contributed by atoms with E-state index in [1.54, 1.807) is 0 Å². The maximum atomic E-state index is 10.2. The topological polar surface area (TPSA) is 142 Å². The fourth-order valence-corrected chi connectivity index (χ4v) is 0.518. The van der Waals surface area contributed by atoms with Crippen molar-refractivity contribution < 1.29 is 14.3 Å². The van der Waals surface area contributed by atoms with Gasteiger partial charge in [0.2, 0.25) is 17.5 Å². The maximum Gasteiger partial charge on any atom is 0.246 e. The summed E-state index contributed by atoms with van der Waals surface area (Å²) in [5.41, 5.74) is 12.3. The largest absolute Gasteiger partial charge is 0.378 e. The normalized spacial score (nSPS) is 10.6. The van der Waals surface area contributed by atoms with Crippen LogP contribution in [0.4, 0.5) is 11.6 Å². The smallest absolute Gasteiger partial charge is 0.246 e. The molecule has 0 atom stereocenters. The highest BCUT2D eigenvalue weighted by Crippen LogP contribution is 2.13. The molecule has 9 nitrogen and oxygen atoms in total. The van der Waals surface area contributed by atoms with Crippen LogP contribution < -0.4 is 16.9 Å². The molecular weight excluding hydrogens is 192 g/mol. The van der Waals surface area contributed by atoms with Gasteiger partial charge in [-0.05, 0) is 10.3 Å². The summed E-state index contributed by atoms with van der Waals surface area (Å²) in [6.45, 7) is -0.265. The Labute approximate surface area is 78.0 Å². The highest BCUT2D eigenvalue weighted by atomic mass is 16.6. The van der Waals surface area contributed by atoms with Crippen LogP contribution in [0.3, 0.4) is 0 Å². The number of nitrogens with one attached hydrogen (secondary N) is 1. The van der Waals surface area contributed by atoms with Crippen LogP contribution in [-0.2, 0) is 9.63 Å². The lowest BCUT2D eigenvalue weighted by atomic mass is 10.7. The average Bonchev–Trinajstić information content (AvgIpc) is 2.51. The highest BCUT2D eigenvalue weighted by Gasteiger charge is 2.01. The summed E-state index contributed by atoms with van der Waals surface area (Å²) in [7, 11) is 0. The molecule has 0 aromatic carbocycles. The Morgan fingerprint density at radius 1 is 1.71 bits per heavy atom. The zero-order valence-corrected chi connectivity index (χ0v) is 7.01. The van der Waals surface area contributed by atoms with E-state index in [1.807, 2.05) is 0 Å². The van der Waals surface area contributed by atoms with E-state index in [0.717, 1.165) is 6.34 Å². The number of nitrogens with zero attached hydrogens (tertiary/aromatic N) is 3. The molecular formula is C5H8N6O3. The van der Waals surface area contributed by atoms with Crippen molar-refractivity contribution in [2.45, 2.75) is 0 Å². The molecule has 0 saturated heterocycles. The molecule has 14 heavy (non-hydrogen) atoms. The van der Waals surface area contributed by atoms with Crippen LogP contribution in [0.5, 0.6) is 0 Å². The second-order valence-electron chi connectivity index (χ2n) is 2.10. The lowest BCUT2D eigenvalue weighted by molar-refractivity contribution is -0.123. The fourth-order valence-electron chi connectivity index (χ4n) is 0.518. The van der Waals surface area contributed by atoms with Crippen LogP contribution in [0.25, 0.3) is 0 Å². The standard InChI is InChI=1S/C5H8N6O3/c6-3(12)1-13-9-2-8-5-4(7)10-14-11-5/h2H,1H2,(H2,6,12)(H2,7,10)(H,8,9,11). The van der Waals surface area contributed by atoms with Crippen LogP contribution in [-0.4, -0.2) is 29.2 Å². The summed E-state index contributed by atoms with van der Waals surface area (Å²) in [4.78, 5) is 18.4. The Kier molecular flexibility index (Phi) is 3.38. The third-order valence-electron chi connectivity index (χ3n) is 1.03. The number of hydrogen-bond acceptors (Lipinski definition) is 7. The third-order valence-corrected chi connectivity index (χ3v) is 1.03. The number of amides is 1. The van der Waals surface area contributed by atoms with Crippen molar-refractivity contribution in [2.75, 3.05) is 12.3 Å². The molecule has 0 aliphatic carbocycles. The van der Waals surface area contributed by atoms with E-state index >= 15 is 0 Å². The first-order valence-corrected chi connectivity index (χ1v) is 3.46. The lowest BCUT2D eigenvalue weighted by Crippen LogP contribution is -2.23. The van der Waals surface area contributed by atoms with E-state index < -0.39 is 5.91 Å². The Bertz CT molecular complexity index is 334. The maximum absolute atomic E-state index is 10.2. The molecule has 0 bridgehead atoms. The van der Waals surface area contributed by atoms with E-state index in [9.17, 15) is 4.79 Å². The van der Waals surface area contributed by atoms with Gasteiger partial charge in [0.15, 0.2) is 6.61 Å². The first kappa shape index (κ1) is 9.92. The Morgan fingerprint density at radius 2 is 2.50 bits per heavy atom. The molecule has 76 valence electrons. The Hall–Kier alpha value is -2.16. The number of rotatable bonds is 5. The summed E-state index contributed by atoms with van der Waals surface area (Å²) in [6.07, 6.45) is 1.12. The quantitative estimate of drug-likeness (QED) is 0.223. The second kappa shape index (κ2) is 4.77. The predicted molar refractivity (Wildman–Crippen MR) is 45.1 cm³/mol. The van der Waals surface area contributed by atoms with Gasteiger partial charge < -0.3 is 11.5 Å². The number of aromatic nitrogens is 2. The summed E-state index contributed by atoms with van der Waals surface area (Å²) < 4.78 is 4.26. The fraction of sp³-hybridized carbons (Fsp3) is 0.200. The van der Waals surface area contributed by atoms with Gasteiger partial charge in [0.1, 0.15) is 6.34 Å². The van der Waals surface area contributed by atoms with Crippen LogP contribution in [0.2, 0.25) is 0 Å². The number of anilines is 1. The van der Waals surface area contributed by atoms with Crippen LogP contribution >= 0.6 is 0 Å². The van der Waals surface area contributed by atoms with Gasteiger partial charge in [-0.3, -0.25) is 15.1 Å². The minimum absolute atomic E-state index is 0.0537. The van der Waals surface area contributed by atoms with Gasteiger partial charge >= 0.3 is 0 Å². The number of primary amides is 1. The molecule has 1 aromatic rings. The zero-order valence-electron chi connectivity index (χ0n) is 7.01. The van der Waals surface area contributed by atoms with Gasteiger partial charge in [0.25, 0.3) is 0 Å². The number of aliphatic imine (C=N–C) groups is 1. The monoisotopic (exact) mass is 200 g/mol. The summed E-state index contributed by atoms with van der Waals surface area (Å²) in [5.74, 6) is -0.438. The van der Waals surface area contributed by atoms with Crippen LogP contribution in [0.15, 0.2) is 9.62 Å². The number of nitrogens with two attached hydrogens (primary N) is 2. The molecule has 5 N–H and O–H groups in total. The van der Waals surface area contributed by atoms with Gasteiger partial charge in [0, 0.05) is 0 Å². The molecule has 0 radical (unpaired) electrons. The van der Waals surface area contributed by atoms with E-state index in [-0.39, 0.29) is 18.2 Å². The van der Waals surface area contributed by atoms with Crippen molar-refractivity contribution in [1.29, 1.82) is 0 Å². The number of carbonyl (C=O) groups is 1. The lowest BCUT2D eigenvalue weighted by Gasteiger charge is -1.96. The minimum Gasteiger partial charge on any atom is -0.378 e. The van der Waals surface area contributed by atoms with E-state index in [2.05, 4.69) is 30.3 Å². The van der Waals surface area contributed by atoms with Gasteiger partial charge in [-0.15, -0.1) is 0 Å². The molecule has 0 saturated carbocycles. The van der Waals surface area contributed by atoms with Gasteiger partial charge in [-0.25, -0.2) is 9.62 Å². The number of nitrogen functional groups attached to an aromatic ring is 1. The minimum atomic E-state index is -0.603. The highest BCUT2D eigenvalue weighted by molar-refractivity contribution is 5.75. The van der Waals surface area contributed by atoms with Gasteiger partial charge in [-0.2, -0.15) is 0 Å². The van der Waals surface area contributed by atoms with Crippen molar-refractivity contribution in [2.24, 2.45) is 10.7 Å². The molecule has 1 rings (SSSR count). The molecule has 1 aromatic heterocycles. The molecule has 1 heterocycles. The van der Waals surface area contributed by atoms with Crippen molar-refractivity contribution in [3.05, 3.63) is 0 Å². The van der Waals surface area contributed by atoms with Crippen LogP contribution in [0.1, 0.15) is 0 Å². The van der Waals surface area contributed by atoms with Crippen molar-refractivity contribution >= 4 is 23.9 Å². The third kappa shape index (κ3) is 3.06. The second-order valence-corrected chi connectivity index (χ2v) is 2.10. The van der Waals surface area contributed by atoms with Crippen molar-refractivity contribution in [3.63, 3.8) is 0 Å². The molecule has 9 heteroatoms. The van der Waals surface area contributed by atoms with Gasteiger partial charge in [0.05, 0.1) is 0 Å². The summed E-state index contributed by atoms with van der Waals surface area (Å²) in [5, 5.41) is 6.63. The van der Waals surface area contributed by atoms with Crippen LogP contribution in [0, 0.1) is 0 Å². The molecule has 1 amide bonds. The number of hydrogen-bond donors (Lipinski definition) is 3. The molecule has 0 unspecified atom stereocenters.